The van der Waals surface area contributed by atoms with Crippen LogP contribution in [0.15, 0.2) is 5.38 Å². The number of carbonyl (C=O) groups is 2. The molecule has 1 N–H and O–H groups in total. The Labute approximate surface area is 151 Å². The van der Waals surface area contributed by atoms with Crippen LogP contribution in [-0.2, 0) is 16.1 Å². The van der Waals surface area contributed by atoms with E-state index in [9.17, 15) is 9.59 Å². The van der Waals surface area contributed by atoms with Gasteiger partial charge in [-0.2, -0.15) is 0 Å². The van der Waals surface area contributed by atoms with Crippen molar-refractivity contribution in [3.05, 3.63) is 16.1 Å². The van der Waals surface area contributed by atoms with Crippen molar-refractivity contribution in [2.45, 2.75) is 58.0 Å². The van der Waals surface area contributed by atoms with Crippen molar-refractivity contribution in [3.63, 3.8) is 0 Å². The first-order valence-corrected chi connectivity index (χ1v) is 10.7. The molecular weight excluding hydrogens is 342 g/mol. The fourth-order valence-corrected chi connectivity index (χ4v) is 5.25. The van der Waals surface area contributed by atoms with E-state index in [4.69, 9.17) is 0 Å². The first kappa shape index (κ1) is 17.7. The standard InChI is InChI=1S/C17H25N3O2S2/c1-12-19-14(9-24-12)8-18-17(22)15-10-23-11-20(15)16(21)7-6-13-4-2-3-5-13/h9,13,15H,2-8,10-11H2,1H3,(H,18,22)/t15-/m1/s1. The zero-order valence-corrected chi connectivity index (χ0v) is 15.8. The largest absolute Gasteiger partial charge is 0.349 e. The summed E-state index contributed by atoms with van der Waals surface area (Å²) in [6.07, 6.45) is 6.70. The number of rotatable bonds is 6. The Morgan fingerprint density at radius 3 is 2.88 bits per heavy atom. The zero-order chi connectivity index (χ0) is 16.9. The summed E-state index contributed by atoms with van der Waals surface area (Å²) in [6, 6.07) is -0.328. The molecule has 3 rings (SSSR count). The third-order valence-corrected chi connectivity index (χ3v) is 6.69. The molecule has 0 bridgehead atoms. The highest BCUT2D eigenvalue weighted by molar-refractivity contribution is 7.99. The van der Waals surface area contributed by atoms with Crippen LogP contribution in [0.2, 0.25) is 0 Å². The Morgan fingerprint density at radius 1 is 1.38 bits per heavy atom. The normalized spacial score (nSPS) is 21.4. The van der Waals surface area contributed by atoms with Gasteiger partial charge in [0.15, 0.2) is 0 Å². The van der Waals surface area contributed by atoms with Crippen LogP contribution in [-0.4, -0.2) is 39.4 Å². The molecule has 1 saturated heterocycles. The summed E-state index contributed by atoms with van der Waals surface area (Å²) in [7, 11) is 0. The lowest BCUT2D eigenvalue weighted by Gasteiger charge is -2.23. The number of hydrogen-bond acceptors (Lipinski definition) is 5. The molecule has 2 amide bonds. The Bertz CT molecular complexity index is 584. The second-order valence-corrected chi connectivity index (χ2v) is 8.71. The molecule has 1 saturated carbocycles. The lowest BCUT2D eigenvalue weighted by atomic mass is 10.0. The molecule has 1 atom stereocenters. The molecule has 7 heteroatoms. The maximum Gasteiger partial charge on any atom is 0.244 e. The molecule has 2 heterocycles. The van der Waals surface area contributed by atoms with Gasteiger partial charge in [0, 0.05) is 17.6 Å². The van der Waals surface area contributed by atoms with Crippen LogP contribution >= 0.6 is 23.1 Å². The van der Waals surface area contributed by atoms with E-state index in [0.29, 0.717) is 30.5 Å². The molecule has 0 spiro atoms. The second-order valence-electron chi connectivity index (χ2n) is 6.64. The van der Waals surface area contributed by atoms with E-state index in [1.54, 1.807) is 28.0 Å². The van der Waals surface area contributed by atoms with E-state index >= 15 is 0 Å². The molecule has 1 aliphatic heterocycles. The lowest BCUT2D eigenvalue weighted by molar-refractivity contribution is -0.138. The van der Waals surface area contributed by atoms with Gasteiger partial charge in [0.1, 0.15) is 6.04 Å². The number of nitrogens with one attached hydrogen (secondary N) is 1. The first-order valence-electron chi connectivity index (χ1n) is 8.69. The first-order chi connectivity index (χ1) is 11.6. The van der Waals surface area contributed by atoms with Crippen LogP contribution < -0.4 is 5.32 Å². The van der Waals surface area contributed by atoms with Crippen molar-refractivity contribution in [3.8, 4) is 0 Å². The van der Waals surface area contributed by atoms with E-state index in [-0.39, 0.29) is 17.9 Å². The van der Waals surface area contributed by atoms with Crippen LogP contribution in [0.1, 0.15) is 49.2 Å². The summed E-state index contributed by atoms with van der Waals surface area (Å²) in [5, 5.41) is 5.90. The fourth-order valence-electron chi connectivity index (χ4n) is 3.46. The van der Waals surface area contributed by atoms with Crippen LogP contribution in [0, 0.1) is 12.8 Å². The van der Waals surface area contributed by atoms with Gasteiger partial charge in [0.2, 0.25) is 11.8 Å². The minimum Gasteiger partial charge on any atom is -0.349 e. The quantitative estimate of drug-likeness (QED) is 0.840. The number of aromatic nitrogens is 1. The summed E-state index contributed by atoms with van der Waals surface area (Å²) in [5.74, 6) is 2.12. The molecule has 0 aromatic carbocycles. The van der Waals surface area contributed by atoms with Gasteiger partial charge >= 0.3 is 0 Å². The van der Waals surface area contributed by atoms with Crippen LogP contribution in [0.5, 0.6) is 0 Å². The molecule has 5 nitrogen and oxygen atoms in total. The molecule has 1 aliphatic carbocycles. The maximum absolute atomic E-state index is 12.5. The third-order valence-electron chi connectivity index (χ3n) is 4.86. The second kappa shape index (κ2) is 8.34. The Kier molecular flexibility index (Phi) is 6.16. The molecule has 0 unspecified atom stereocenters. The molecule has 132 valence electrons. The van der Waals surface area contributed by atoms with Gasteiger partial charge in [-0.1, -0.05) is 25.7 Å². The number of amides is 2. The van der Waals surface area contributed by atoms with E-state index in [1.165, 1.54) is 25.7 Å². The van der Waals surface area contributed by atoms with Crippen molar-refractivity contribution >= 4 is 34.9 Å². The number of nitrogens with zero attached hydrogens (tertiary/aromatic N) is 2. The number of thiazole rings is 1. The average molecular weight is 368 g/mol. The molecule has 2 aliphatic rings. The topological polar surface area (TPSA) is 62.3 Å². The third kappa shape index (κ3) is 4.51. The van der Waals surface area contributed by atoms with Gasteiger partial charge in [0.05, 0.1) is 23.1 Å². The molecular formula is C17H25N3O2S2. The van der Waals surface area contributed by atoms with Gasteiger partial charge in [-0.3, -0.25) is 9.59 Å². The van der Waals surface area contributed by atoms with Crippen LogP contribution in [0.3, 0.4) is 0 Å². The summed E-state index contributed by atoms with van der Waals surface area (Å²) in [4.78, 5) is 31.1. The van der Waals surface area contributed by atoms with Gasteiger partial charge in [-0.15, -0.1) is 23.1 Å². The molecule has 0 radical (unpaired) electrons. The number of hydrogen-bond donors (Lipinski definition) is 1. The predicted octanol–water partition coefficient (Wildman–Crippen LogP) is 2.94. The van der Waals surface area contributed by atoms with Crippen molar-refractivity contribution in [1.29, 1.82) is 0 Å². The smallest absolute Gasteiger partial charge is 0.244 e. The summed E-state index contributed by atoms with van der Waals surface area (Å²) < 4.78 is 0. The Morgan fingerprint density at radius 2 is 2.17 bits per heavy atom. The lowest BCUT2D eigenvalue weighted by Crippen LogP contribution is -2.47. The van der Waals surface area contributed by atoms with Gasteiger partial charge in [-0.25, -0.2) is 4.98 Å². The maximum atomic E-state index is 12.5. The van der Waals surface area contributed by atoms with Gasteiger partial charge in [-0.05, 0) is 19.3 Å². The number of aryl methyl sites for hydroxylation is 1. The van der Waals surface area contributed by atoms with Gasteiger partial charge in [0.25, 0.3) is 0 Å². The van der Waals surface area contributed by atoms with Crippen molar-refractivity contribution < 1.29 is 9.59 Å². The average Bonchev–Trinajstić information content (AvgIpc) is 3.31. The van der Waals surface area contributed by atoms with Crippen molar-refractivity contribution in [2.75, 3.05) is 11.6 Å². The Balaban J connectivity index is 1.48. The van der Waals surface area contributed by atoms with Crippen molar-refractivity contribution in [1.82, 2.24) is 15.2 Å². The van der Waals surface area contributed by atoms with E-state index in [1.807, 2.05) is 12.3 Å². The Hall–Kier alpha value is -1.08. The highest BCUT2D eigenvalue weighted by Crippen LogP contribution is 2.30. The van der Waals surface area contributed by atoms with Gasteiger partial charge < -0.3 is 10.2 Å². The summed E-state index contributed by atoms with van der Waals surface area (Å²) in [5.41, 5.74) is 0.885. The van der Waals surface area contributed by atoms with E-state index in [0.717, 1.165) is 17.1 Å². The summed E-state index contributed by atoms with van der Waals surface area (Å²) >= 11 is 3.24. The monoisotopic (exact) mass is 367 g/mol. The van der Waals surface area contributed by atoms with Crippen LogP contribution in [0.4, 0.5) is 0 Å². The number of thioether (sulfide) groups is 1. The summed E-state index contributed by atoms with van der Waals surface area (Å²) in [6.45, 7) is 2.39. The minimum atomic E-state index is -0.328. The molecule has 2 fully saturated rings. The number of carbonyl (C=O) groups excluding carboxylic acids is 2. The SMILES string of the molecule is Cc1nc(CNC(=O)[C@H]2CSCN2C(=O)CCC2CCCC2)cs1. The molecule has 1 aromatic heterocycles. The van der Waals surface area contributed by atoms with Crippen LogP contribution in [0.25, 0.3) is 0 Å². The van der Waals surface area contributed by atoms with Crippen molar-refractivity contribution in [2.24, 2.45) is 5.92 Å². The fraction of sp³-hybridized carbons (Fsp3) is 0.706. The van der Waals surface area contributed by atoms with E-state index < -0.39 is 0 Å². The highest BCUT2D eigenvalue weighted by atomic mass is 32.2. The molecule has 24 heavy (non-hydrogen) atoms. The van der Waals surface area contributed by atoms with E-state index in [2.05, 4.69) is 10.3 Å². The zero-order valence-electron chi connectivity index (χ0n) is 14.1. The minimum absolute atomic E-state index is 0.0557. The molecule has 1 aromatic rings. The predicted molar refractivity (Wildman–Crippen MR) is 97.8 cm³/mol. The highest BCUT2D eigenvalue weighted by Gasteiger charge is 2.34.